The highest BCUT2D eigenvalue weighted by Crippen LogP contribution is 2.17. The number of nitrogen functional groups attached to an aromatic ring is 1. The fraction of sp³-hybridized carbons (Fsp3) is 0.125. The number of aromatic nitrogens is 3. The quantitative estimate of drug-likeness (QED) is 0.846. The predicted octanol–water partition coefficient (Wildman–Crippen LogP) is 0.625. The molecule has 0 aliphatic carbocycles. The number of nitrogens with two attached hydrogens (primary N) is 1. The van der Waals surface area contributed by atoms with Gasteiger partial charge in [0.25, 0.3) is 10.0 Å². The maximum absolute atomic E-state index is 11.9. The van der Waals surface area contributed by atoms with Crippen molar-refractivity contribution in [3.63, 3.8) is 0 Å². The molecule has 3 N–H and O–H groups in total. The van der Waals surface area contributed by atoms with Gasteiger partial charge in [0, 0.05) is 23.8 Å². The van der Waals surface area contributed by atoms with Crippen molar-refractivity contribution in [2.45, 2.75) is 11.8 Å². The van der Waals surface area contributed by atoms with Gasteiger partial charge in [0.15, 0.2) is 0 Å². The van der Waals surface area contributed by atoms with E-state index in [0.717, 1.165) is 11.5 Å². The minimum Gasteiger partial charge on any atom is -0.384 e. The van der Waals surface area contributed by atoms with Crippen LogP contribution in [0.4, 0.5) is 10.9 Å². The van der Waals surface area contributed by atoms with E-state index in [9.17, 15) is 8.42 Å². The standard InChI is InChI=1S/C8H9N5O2S2/c1-5-11-8(16-12-5)13-17(14,15)6-2-3-10-7(9)4-6/h2-4H,1H3,(H2,9,10)(H,11,12,13). The van der Waals surface area contributed by atoms with Crippen LogP contribution in [0.3, 0.4) is 0 Å². The Morgan fingerprint density at radius 2 is 2.24 bits per heavy atom. The van der Waals surface area contributed by atoms with Crippen LogP contribution in [-0.4, -0.2) is 22.8 Å². The van der Waals surface area contributed by atoms with Crippen LogP contribution in [0.5, 0.6) is 0 Å². The predicted molar refractivity (Wildman–Crippen MR) is 64.1 cm³/mol. The van der Waals surface area contributed by atoms with Gasteiger partial charge in [-0.3, -0.25) is 4.72 Å². The van der Waals surface area contributed by atoms with E-state index in [-0.39, 0.29) is 15.8 Å². The molecule has 0 aliphatic rings. The second-order valence-electron chi connectivity index (χ2n) is 3.17. The number of pyridine rings is 1. The molecule has 0 saturated heterocycles. The highest BCUT2D eigenvalue weighted by Gasteiger charge is 2.16. The van der Waals surface area contributed by atoms with Crippen molar-refractivity contribution in [1.29, 1.82) is 0 Å². The van der Waals surface area contributed by atoms with Crippen LogP contribution in [-0.2, 0) is 10.0 Å². The Morgan fingerprint density at radius 3 is 2.82 bits per heavy atom. The number of sulfonamides is 1. The monoisotopic (exact) mass is 271 g/mol. The smallest absolute Gasteiger partial charge is 0.263 e. The van der Waals surface area contributed by atoms with Crippen molar-refractivity contribution in [3.05, 3.63) is 24.2 Å². The van der Waals surface area contributed by atoms with Crippen molar-refractivity contribution >= 4 is 32.5 Å². The second-order valence-corrected chi connectivity index (χ2v) is 5.60. The molecular weight excluding hydrogens is 262 g/mol. The van der Waals surface area contributed by atoms with Crippen molar-refractivity contribution in [2.24, 2.45) is 0 Å². The first kappa shape index (κ1) is 11.7. The molecule has 17 heavy (non-hydrogen) atoms. The summed E-state index contributed by atoms with van der Waals surface area (Å²) in [7, 11) is -3.68. The van der Waals surface area contributed by atoms with Crippen molar-refractivity contribution in [3.8, 4) is 0 Å². The molecule has 0 radical (unpaired) electrons. The van der Waals surface area contributed by atoms with Gasteiger partial charge in [0.05, 0.1) is 4.90 Å². The van der Waals surface area contributed by atoms with Crippen LogP contribution in [0.2, 0.25) is 0 Å². The van der Waals surface area contributed by atoms with Gasteiger partial charge in [-0.1, -0.05) is 0 Å². The Labute approximate surface area is 102 Å². The largest absolute Gasteiger partial charge is 0.384 e. The van der Waals surface area contributed by atoms with Crippen LogP contribution in [0.15, 0.2) is 23.2 Å². The first-order valence-corrected chi connectivity index (χ1v) is 6.78. The number of nitrogens with zero attached hydrogens (tertiary/aromatic N) is 3. The number of anilines is 2. The molecule has 7 nitrogen and oxygen atoms in total. The molecule has 0 unspecified atom stereocenters. The van der Waals surface area contributed by atoms with Crippen molar-refractivity contribution in [1.82, 2.24) is 14.3 Å². The first-order valence-electron chi connectivity index (χ1n) is 4.52. The fourth-order valence-corrected chi connectivity index (χ4v) is 2.93. The van der Waals surface area contributed by atoms with Gasteiger partial charge in [-0.15, -0.1) is 0 Å². The van der Waals surface area contributed by atoms with Gasteiger partial charge >= 0.3 is 0 Å². The number of rotatable bonds is 3. The van der Waals surface area contributed by atoms with Gasteiger partial charge in [0.1, 0.15) is 11.6 Å². The van der Waals surface area contributed by atoms with Crippen LogP contribution < -0.4 is 10.5 Å². The van der Waals surface area contributed by atoms with E-state index < -0.39 is 10.0 Å². The third kappa shape index (κ3) is 2.68. The normalized spacial score (nSPS) is 11.4. The Kier molecular flexibility index (Phi) is 2.94. The van der Waals surface area contributed by atoms with Crippen molar-refractivity contribution in [2.75, 3.05) is 10.5 Å². The zero-order chi connectivity index (χ0) is 12.5. The number of hydrogen-bond acceptors (Lipinski definition) is 7. The molecule has 0 aromatic carbocycles. The fourth-order valence-electron chi connectivity index (χ4n) is 1.11. The molecule has 0 aliphatic heterocycles. The molecule has 0 saturated carbocycles. The topological polar surface area (TPSA) is 111 Å². The van der Waals surface area contributed by atoms with E-state index in [4.69, 9.17) is 5.73 Å². The van der Waals surface area contributed by atoms with Gasteiger partial charge in [-0.2, -0.15) is 4.37 Å². The summed E-state index contributed by atoms with van der Waals surface area (Å²) in [4.78, 5) is 7.68. The van der Waals surface area contributed by atoms with E-state index in [1.54, 1.807) is 6.92 Å². The molecule has 2 heterocycles. The summed E-state index contributed by atoms with van der Waals surface area (Å²) in [6.45, 7) is 1.68. The SMILES string of the molecule is Cc1nsc(NS(=O)(=O)c2ccnc(N)c2)n1. The molecule has 0 fully saturated rings. The maximum atomic E-state index is 11.9. The average Bonchev–Trinajstić information content (AvgIpc) is 2.63. The molecule has 0 atom stereocenters. The lowest BCUT2D eigenvalue weighted by molar-refractivity contribution is 0.601. The maximum Gasteiger partial charge on any atom is 0.263 e. The lowest BCUT2D eigenvalue weighted by Crippen LogP contribution is -2.13. The summed E-state index contributed by atoms with van der Waals surface area (Å²) in [5.74, 6) is 0.656. The van der Waals surface area contributed by atoms with E-state index in [0.29, 0.717) is 5.82 Å². The van der Waals surface area contributed by atoms with Gasteiger partial charge < -0.3 is 5.73 Å². The third-order valence-electron chi connectivity index (χ3n) is 1.81. The molecule has 9 heteroatoms. The highest BCUT2D eigenvalue weighted by molar-refractivity contribution is 7.93. The Bertz CT molecular complexity index is 637. The molecular formula is C8H9N5O2S2. The highest BCUT2D eigenvalue weighted by atomic mass is 32.2. The van der Waals surface area contributed by atoms with Crippen LogP contribution >= 0.6 is 11.5 Å². The lowest BCUT2D eigenvalue weighted by atomic mass is 10.5. The van der Waals surface area contributed by atoms with E-state index >= 15 is 0 Å². The van der Waals surface area contributed by atoms with Gasteiger partial charge in [-0.05, 0) is 13.0 Å². The Morgan fingerprint density at radius 1 is 1.47 bits per heavy atom. The summed E-state index contributed by atoms with van der Waals surface area (Å²) in [6.07, 6.45) is 1.33. The number of nitrogens with one attached hydrogen (secondary N) is 1. The van der Waals surface area contributed by atoms with Crippen LogP contribution in [0, 0.1) is 6.92 Å². The molecule has 2 aromatic heterocycles. The lowest BCUT2D eigenvalue weighted by Gasteiger charge is -2.04. The summed E-state index contributed by atoms with van der Waals surface area (Å²) in [5.41, 5.74) is 5.42. The summed E-state index contributed by atoms with van der Waals surface area (Å²) < 4.78 is 30.0. The Hall–Kier alpha value is -1.74. The minimum absolute atomic E-state index is 0.0397. The summed E-state index contributed by atoms with van der Waals surface area (Å²) in [5, 5.41) is 0.220. The molecule has 2 aromatic rings. The molecule has 2 rings (SSSR count). The average molecular weight is 271 g/mol. The van der Waals surface area contributed by atoms with Crippen molar-refractivity contribution < 1.29 is 8.42 Å². The van der Waals surface area contributed by atoms with Crippen LogP contribution in [0.25, 0.3) is 0 Å². The number of hydrogen-bond donors (Lipinski definition) is 2. The van der Waals surface area contributed by atoms with Crippen LogP contribution in [0.1, 0.15) is 5.82 Å². The second kappa shape index (κ2) is 4.26. The number of aryl methyl sites for hydroxylation is 1. The Balaban J connectivity index is 2.31. The molecule has 0 spiro atoms. The summed E-state index contributed by atoms with van der Waals surface area (Å²) >= 11 is 0.977. The van der Waals surface area contributed by atoms with E-state index in [1.807, 2.05) is 0 Å². The molecule has 0 bridgehead atoms. The molecule has 90 valence electrons. The van der Waals surface area contributed by atoms with Gasteiger partial charge in [-0.25, -0.2) is 18.4 Å². The zero-order valence-electron chi connectivity index (χ0n) is 8.78. The third-order valence-corrected chi connectivity index (χ3v) is 4.00. The zero-order valence-corrected chi connectivity index (χ0v) is 10.4. The summed E-state index contributed by atoms with van der Waals surface area (Å²) in [6, 6.07) is 2.63. The molecule has 0 amide bonds. The first-order chi connectivity index (χ1) is 7.97. The van der Waals surface area contributed by atoms with E-state index in [1.165, 1.54) is 18.3 Å². The minimum atomic E-state index is -3.68. The van der Waals surface area contributed by atoms with E-state index in [2.05, 4.69) is 19.1 Å². The van der Waals surface area contributed by atoms with Gasteiger partial charge in [0.2, 0.25) is 5.13 Å².